The van der Waals surface area contributed by atoms with Gasteiger partial charge in [0.15, 0.2) is 6.10 Å². The zero-order chi connectivity index (χ0) is 50.7. The lowest BCUT2D eigenvalue weighted by Crippen LogP contribution is -2.30. The molecule has 0 saturated carbocycles. The molecule has 6 nitrogen and oxygen atoms in total. The van der Waals surface area contributed by atoms with Gasteiger partial charge in [0.1, 0.15) is 13.2 Å². The molecule has 1 atom stereocenters. The van der Waals surface area contributed by atoms with Gasteiger partial charge in [0.05, 0.1) is 0 Å². The third-order valence-electron chi connectivity index (χ3n) is 12.3. The monoisotopic (exact) mass is 973 g/mol. The van der Waals surface area contributed by atoms with Gasteiger partial charge in [0, 0.05) is 19.3 Å². The molecule has 0 aromatic carbocycles. The molecule has 0 saturated heterocycles. The fourth-order valence-corrected chi connectivity index (χ4v) is 7.96. The van der Waals surface area contributed by atoms with Crippen LogP contribution in [0.15, 0.2) is 97.2 Å². The second-order valence-electron chi connectivity index (χ2n) is 19.2. The van der Waals surface area contributed by atoms with E-state index in [-0.39, 0.29) is 37.5 Å². The highest BCUT2D eigenvalue weighted by atomic mass is 16.6. The molecule has 0 amide bonds. The first-order valence-corrected chi connectivity index (χ1v) is 29.2. The number of hydrogen-bond donors (Lipinski definition) is 0. The van der Waals surface area contributed by atoms with E-state index in [0.717, 1.165) is 96.3 Å². The summed E-state index contributed by atoms with van der Waals surface area (Å²) in [5, 5.41) is 0. The molecule has 0 aromatic rings. The number of rotatable bonds is 52. The van der Waals surface area contributed by atoms with Gasteiger partial charge in [-0.3, -0.25) is 14.4 Å². The number of unbranched alkanes of at least 4 members (excludes halogenated alkanes) is 25. The average molecular weight is 974 g/mol. The van der Waals surface area contributed by atoms with E-state index in [1.807, 2.05) is 0 Å². The lowest BCUT2D eigenvalue weighted by molar-refractivity contribution is -0.167. The third-order valence-corrected chi connectivity index (χ3v) is 12.3. The molecule has 0 aliphatic rings. The number of allylic oxidation sites excluding steroid dienone is 16. The van der Waals surface area contributed by atoms with Crippen LogP contribution in [0.5, 0.6) is 0 Å². The highest BCUT2D eigenvalue weighted by Gasteiger charge is 2.19. The fourth-order valence-electron chi connectivity index (χ4n) is 7.96. The Labute approximate surface area is 432 Å². The molecule has 0 aliphatic heterocycles. The summed E-state index contributed by atoms with van der Waals surface area (Å²) in [6.07, 6.45) is 76.9. The molecule has 0 N–H and O–H groups in total. The molecule has 6 heteroatoms. The van der Waals surface area contributed by atoms with Gasteiger partial charge in [0.2, 0.25) is 0 Å². The first-order valence-electron chi connectivity index (χ1n) is 29.2. The van der Waals surface area contributed by atoms with E-state index in [9.17, 15) is 14.4 Å². The van der Waals surface area contributed by atoms with Gasteiger partial charge in [-0.2, -0.15) is 0 Å². The molecular formula is C64H108O6. The number of carbonyl (C=O) groups excluding carboxylic acids is 3. The Balaban J connectivity index is 4.46. The van der Waals surface area contributed by atoms with Gasteiger partial charge in [0.25, 0.3) is 0 Å². The summed E-state index contributed by atoms with van der Waals surface area (Å²) in [6, 6.07) is 0. The molecule has 0 aliphatic carbocycles. The van der Waals surface area contributed by atoms with Gasteiger partial charge in [-0.15, -0.1) is 0 Å². The summed E-state index contributed by atoms with van der Waals surface area (Å²) < 4.78 is 16.8. The molecule has 0 rings (SSSR count). The summed E-state index contributed by atoms with van der Waals surface area (Å²) in [6.45, 7) is 6.47. The predicted molar refractivity (Wildman–Crippen MR) is 302 cm³/mol. The van der Waals surface area contributed by atoms with Crippen molar-refractivity contribution >= 4 is 17.9 Å². The van der Waals surface area contributed by atoms with Crippen LogP contribution in [-0.4, -0.2) is 37.2 Å². The molecule has 0 fully saturated rings. The number of carbonyl (C=O) groups is 3. The van der Waals surface area contributed by atoms with Crippen molar-refractivity contribution in [2.45, 2.75) is 277 Å². The van der Waals surface area contributed by atoms with E-state index in [2.05, 4.69) is 118 Å². The molecule has 0 bridgehead atoms. The Morgan fingerprint density at radius 3 is 0.957 bits per heavy atom. The number of esters is 3. The quantitative estimate of drug-likeness (QED) is 0.0262. The maximum absolute atomic E-state index is 12.9. The maximum atomic E-state index is 12.9. The van der Waals surface area contributed by atoms with Crippen LogP contribution in [-0.2, 0) is 28.6 Å². The Morgan fingerprint density at radius 2 is 0.571 bits per heavy atom. The van der Waals surface area contributed by atoms with E-state index in [0.29, 0.717) is 19.3 Å². The maximum Gasteiger partial charge on any atom is 0.306 e. The Kier molecular flexibility index (Phi) is 54.9. The first-order chi connectivity index (χ1) is 34.5. The average Bonchev–Trinajstić information content (AvgIpc) is 3.36. The molecular weight excluding hydrogens is 865 g/mol. The van der Waals surface area contributed by atoms with Crippen LogP contribution < -0.4 is 0 Å². The van der Waals surface area contributed by atoms with Crippen LogP contribution in [0.25, 0.3) is 0 Å². The van der Waals surface area contributed by atoms with Gasteiger partial charge >= 0.3 is 17.9 Å². The van der Waals surface area contributed by atoms with Crippen molar-refractivity contribution in [2.24, 2.45) is 0 Å². The van der Waals surface area contributed by atoms with Crippen LogP contribution in [0, 0.1) is 0 Å². The zero-order valence-electron chi connectivity index (χ0n) is 45.8. The van der Waals surface area contributed by atoms with Crippen molar-refractivity contribution in [3.8, 4) is 0 Å². The second kappa shape index (κ2) is 57.9. The summed E-state index contributed by atoms with van der Waals surface area (Å²) in [5.74, 6) is -0.962. The van der Waals surface area contributed by atoms with Crippen molar-refractivity contribution in [1.82, 2.24) is 0 Å². The van der Waals surface area contributed by atoms with Gasteiger partial charge in [-0.1, -0.05) is 253 Å². The summed E-state index contributed by atoms with van der Waals surface area (Å²) >= 11 is 0. The number of hydrogen-bond acceptors (Lipinski definition) is 6. The third kappa shape index (κ3) is 55.3. The van der Waals surface area contributed by atoms with E-state index < -0.39 is 6.10 Å². The molecule has 70 heavy (non-hydrogen) atoms. The van der Waals surface area contributed by atoms with E-state index in [4.69, 9.17) is 14.2 Å². The SMILES string of the molecule is CC/C=C\C/C=C\C/C=C\C/C=C\C/C=C\C/C=C\C/C=C\CCCC(=O)OCC(COC(=O)CCCCCCC/C=C\CCCCCC)OC(=O)CCCCCCCCCCCCCCCCCC. The molecule has 0 aromatic heterocycles. The Morgan fingerprint density at radius 1 is 0.300 bits per heavy atom. The first kappa shape index (κ1) is 66.3. The van der Waals surface area contributed by atoms with E-state index in [1.165, 1.54) is 128 Å². The van der Waals surface area contributed by atoms with Crippen LogP contribution in [0.1, 0.15) is 271 Å². The summed E-state index contributed by atoms with van der Waals surface area (Å²) in [5.41, 5.74) is 0. The lowest BCUT2D eigenvalue weighted by atomic mass is 10.0. The normalized spacial score (nSPS) is 12.8. The molecule has 0 radical (unpaired) electrons. The molecule has 0 heterocycles. The Bertz CT molecular complexity index is 1400. The van der Waals surface area contributed by atoms with Crippen LogP contribution in [0.2, 0.25) is 0 Å². The topological polar surface area (TPSA) is 78.9 Å². The van der Waals surface area contributed by atoms with Gasteiger partial charge in [-0.05, 0) is 96.3 Å². The predicted octanol–water partition coefficient (Wildman–Crippen LogP) is 19.7. The molecule has 400 valence electrons. The van der Waals surface area contributed by atoms with Gasteiger partial charge < -0.3 is 14.2 Å². The standard InChI is InChI=1S/C64H108O6/c1-4-7-10-13-16-19-22-25-27-29-30-31-32-33-34-35-37-39-42-45-48-51-54-57-63(66)69-60-61(59-68-62(65)56-53-50-47-44-41-38-24-21-18-15-12-9-6-3)70-64(67)58-55-52-49-46-43-40-36-28-26-23-20-17-14-11-8-5-2/h7,10,16,19,21,24-25,27,30-31,33-34,37,39,45,48,61H,4-6,8-9,11-15,17-18,20,22-23,26,28-29,32,35-36,38,40-44,46-47,49-60H2,1-3H3/b10-7-,19-16-,24-21-,27-25-,31-30-,34-33-,39-37-,48-45-. The molecule has 0 spiro atoms. The lowest BCUT2D eigenvalue weighted by Gasteiger charge is -2.18. The van der Waals surface area contributed by atoms with Crippen LogP contribution in [0.4, 0.5) is 0 Å². The van der Waals surface area contributed by atoms with Gasteiger partial charge in [-0.25, -0.2) is 0 Å². The van der Waals surface area contributed by atoms with Crippen molar-refractivity contribution in [3.05, 3.63) is 97.2 Å². The fraction of sp³-hybridized carbons (Fsp3) is 0.703. The van der Waals surface area contributed by atoms with E-state index in [1.54, 1.807) is 0 Å². The largest absolute Gasteiger partial charge is 0.462 e. The summed E-state index contributed by atoms with van der Waals surface area (Å²) in [7, 11) is 0. The highest BCUT2D eigenvalue weighted by molar-refractivity contribution is 5.71. The minimum absolute atomic E-state index is 0.0983. The summed E-state index contributed by atoms with van der Waals surface area (Å²) in [4.78, 5) is 38.1. The minimum Gasteiger partial charge on any atom is -0.462 e. The second-order valence-corrected chi connectivity index (χ2v) is 19.2. The molecule has 1 unspecified atom stereocenters. The number of ether oxygens (including phenoxy) is 3. The minimum atomic E-state index is -0.803. The highest BCUT2D eigenvalue weighted by Crippen LogP contribution is 2.15. The van der Waals surface area contributed by atoms with E-state index >= 15 is 0 Å². The van der Waals surface area contributed by atoms with Crippen LogP contribution >= 0.6 is 0 Å². The van der Waals surface area contributed by atoms with Crippen molar-refractivity contribution in [1.29, 1.82) is 0 Å². The van der Waals surface area contributed by atoms with Crippen molar-refractivity contribution in [2.75, 3.05) is 13.2 Å². The Hall–Kier alpha value is -3.67. The zero-order valence-corrected chi connectivity index (χ0v) is 45.8. The van der Waals surface area contributed by atoms with Crippen molar-refractivity contribution < 1.29 is 28.6 Å². The smallest absolute Gasteiger partial charge is 0.306 e. The van der Waals surface area contributed by atoms with Crippen molar-refractivity contribution in [3.63, 3.8) is 0 Å². The van der Waals surface area contributed by atoms with Crippen LogP contribution in [0.3, 0.4) is 0 Å².